The van der Waals surface area contributed by atoms with Gasteiger partial charge in [-0.3, -0.25) is 9.97 Å². The van der Waals surface area contributed by atoms with E-state index in [2.05, 4.69) is 25.9 Å². The molecule has 0 aliphatic heterocycles. The van der Waals surface area contributed by atoms with Crippen LogP contribution >= 0.6 is 27.5 Å². The zero-order chi connectivity index (χ0) is 11.5. The van der Waals surface area contributed by atoms with Crippen molar-refractivity contribution in [3.8, 4) is 0 Å². The third-order valence-corrected chi connectivity index (χ3v) is 3.03. The Morgan fingerprint density at radius 1 is 1.31 bits per heavy atom. The van der Waals surface area contributed by atoms with Crippen LogP contribution in [-0.2, 0) is 0 Å². The molecule has 1 aromatic heterocycles. The number of rotatable bonds is 2. The zero-order valence-electron chi connectivity index (χ0n) is 8.27. The molecule has 1 atom stereocenters. The molecular formula is C11H9BrClN3. The smallest absolute Gasteiger partial charge is 0.0799 e. The van der Waals surface area contributed by atoms with Gasteiger partial charge in [0, 0.05) is 21.9 Å². The van der Waals surface area contributed by atoms with Crippen molar-refractivity contribution < 1.29 is 0 Å². The van der Waals surface area contributed by atoms with Crippen LogP contribution in [0.25, 0.3) is 0 Å². The third-order valence-electron chi connectivity index (χ3n) is 2.19. The second-order valence-corrected chi connectivity index (χ2v) is 4.60. The highest BCUT2D eigenvalue weighted by atomic mass is 79.9. The van der Waals surface area contributed by atoms with Gasteiger partial charge < -0.3 is 5.73 Å². The first-order chi connectivity index (χ1) is 7.68. The van der Waals surface area contributed by atoms with Crippen molar-refractivity contribution in [2.24, 2.45) is 5.73 Å². The first kappa shape index (κ1) is 11.5. The topological polar surface area (TPSA) is 51.8 Å². The molecule has 0 saturated heterocycles. The lowest BCUT2D eigenvalue weighted by atomic mass is 10.1. The Morgan fingerprint density at radius 2 is 2.12 bits per heavy atom. The first-order valence-electron chi connectivity index (χ1n) is 4.65. The molecule has 2 aromatic rings. The van der Waals surface area contributed by atoms with Gasteiger partial charge in [0.25, 0.3) is 0 Å². The number of benzene rings is 1. The van der Waals surface area contributed by atoms with Gasteiger partial charge in [0.15, 0.2) is 0 Å². The van der Waals surface area contributed by atoms with E-state index >= 15 is 0 Å². The summed E-state index contributed by atoms with van der Waals surface area (Å²) in [6.07, 6.45) is 4.86. The van der Waals surface area contributed by atoms with Crippen LogP contribution in [0.3, 0.4) is 0 Å². The van der Waals surface area contributed by atoms with Gasteiger partial charge in [0.05, 0.1) is 17.9 Å². The van der Waals surface area contributed by atoms with E-state index in [1.807, 2.05) is 12.1 Å². The van der Waals surface area contributed by atoms with E-state index in [1.54, 1.807) is 24.7 Å². The number of hydrogen-bond donors (Lipinski definition) is 1. The summed E-state index contributed by atoms with van der Waals surface area (Å²) in [6.45, 7) is 0. The molecular weight excluding hydrogens is 289 g/mol. The number of hydrogen-bond acceptors (Lipinski definition) is 3. The van der Waals surface area contributed by atoms with Gasteiger partial charge in [-0.15, -0.1) is 0 Å². The van der Waals surface area contributed by atoms with E-state index in [1.165, 1.54) is 0 Å². The molecule has 0 spiro atoms. The maximum absolute atomic E-state index is 6.09. The summed E-state index contributed by atoms with van der Waals surface area (Å²) in [6, 6.07) is 5.20. The highest BCUT2D eigenvalue weighted by Gasteiger charge is 2.14. The van der Waals surface area contributed by atoms with Crippen molar-refractivity contribution in [2.45, 2.75) is 6.04 Å². The van der Waals surface area contributed by atoms with Crippen LogP contribution in [0, 0.1) is 0 Å². The monoisotopic (exact) mass is 297 g/mol. The molecule has 3 nitrogen and oxygen atoms in total. The first-order valence-corrected chi connectivity index (χ1v) is 5.82. The zero-order valence-corrected chi connectivity index (χ0v) is 10.6. The van der Waals surface area contributed by atoms with Crippen molar-refractivity contribution in [3.63, 3.8) is 0 Å². The van der Waals surface area contributed by atoms with Crippen molar-refractivity contribution in [2.75, 3.05) is 0 Å². The number of nitrogens with two attached hydrogens (primary N) is 1. The molecule has 0 amide bonds. The third kappa shape index (κ3) is 2.40. The highest BCUT2D eigenvalue weighted by molar-refractivity contribution is 9.10. The molecule has 0 bridgehead atoms. The molecule has 0 radical (unpaired) electrons. The van der Waals surface area contributed by atoms with Gasteiger partial charge in [-0.1, -0.05) is 27.5 Å². The minimum atomic E-state index is -0.362. The van der Waals surface area contributed by atoms with Crippen LogP contribution in [0.1, 0.15) is 17.3 Å². The molecule has 2 rings (SSSR count). The molecule has 1 heterocycles. The molecule has 82 valence electrons. The molecule has 0 aliphatic carbocycles. The highest BCUT2D eigenvalue weighted by Crippen LogP contribution is 2.27. The van der Waals surface area contributed by atoms with Gasteiger partial charge in [-0.05, 0) is 23.8 Å². The van der Waals surface area contributed by atoms with Crippen molar-refractivity contribution in [1.82, 2.24) is 9.97 Å². The Labute approximate surface area is 107 Å². The average Bonchev–Trinajstić information content (AvgIpc) is 2.32. The molecule has 1 unspecified atom stereocenters. The lowest BCUT2D eigenvalue weighted by molar-refractivity contribution is 0.817. The number of aromatic nitrogens is 2. The van der Waals surface area contributed by atoms with Crippen LogP contribution in [-0.4, -0.2) is 9.97 Å². The largest absolute Gasteiger partial charge is 0.319 e. The quantitative estimate of drug-likeness (QED) is 0.927. The van der Waals surface area contributed by atoms with Gasteiger partial charge in [0.1, 0.15) is 0 Å². The minimum Gasteiger partial charge on any atom is -0.319 e. The second-order valence-electron chi connectivity index (χ2n) is 3.27. The normalized spacial score (nSPS) is 12.4. The van der Waals surface area contributed by atoms with Crippen molar-refractivity contribution >= 4 is 27.5 Å². The van der Waals surface area contributed by atoms with E-state index in [9.17, 15) is 0 Å². The van der Waals surface area contributed by atoms with E-state index in [-0.39, 0.29) is 6.04 Å². The van der Waals surface area contributed by atoms with E-state index in [0.29, 0.717) is 10.7 Å². The van der Waals surface area contributed by atoms with E-state index in [4.69, 9.17) is 17.3 Å². The van der Waals surface area contributed by atoms with Gasteiger partial charge in [0.2, 0.25) is 0 Å². The Morgan fingerprint density at radius 3 is 2.81 bits per heavy atom. The van der Waals surface area contributed by atoms with Crippen molar-refractivity contribution in [1.29, 1.82) is 0 Å². The maximum Gasteiger partial charge on any atom is 0.0799 e. The number of halogens is 2. The standard InChI is InChI=1S/C11H9BrClN3/c12-7-1-2-9(13)8(5-7)11(14)10-6-15-3-4-16-10/h1-6,11H,14H2. The summed E-state index contributed by atoms with van der Waals surface area (Å²) in [7, 11) is 0. The summed E-state index contributed by atoms with van der Waals surface area (Å²) >= 11 is 9.48. The lowest BCUT2D eigenvalue weighted by Gasteiger charge is -2.12. The fourth-order valence-corrected chi connectivity index (χ4v) is 2.00. The van der Waals surface area contributed by atoms with Crippen LogP contribution in [0.4, 0.5) is 0 Å². The SMILES string of the molecule is NC(c1cnccn1)c1cc(Br)ccc1Cl. The Hall–Kier alpha value is -0.970. The predicted molar refractivity (Wildman–Crippen MR) is 67.2 cm³/mol. The van der Waals surface area contributed by atoms with Crippen LogP contribution in [0.2, 0.25) is 5.02 Å². The summed E-state index contributed by atoms with van der Waals surface area (Å²) in [5.74, 6) is 0. The Kier molecular flexibility index (Phi) is 3.53. The van der Waals surface area contributed by atoms with Gasteiger partial charge >= 0.3 is 0 Å². The summed E-state index contributed by atoms with van der Waals surface area (Å²) in [5, 5.41) is 0.626. The molecule has 0 fully saturated rings. The molecule has 1 aromatic carbocycles. The average molecular weight is 299 g/mol. The summed E-state index contributed by atoms with van der Waals surface area (Å²) < 4.78 is 0.936. The molecule has 0 aliphatic rings. The summed E-state index contributed by atoms with van der Waals surface area (Å²) in [4.78, 5) is 8.15. The second kappa shape index (κ2) is 4.91. The van der Waals surface area contributed by atoms with Crippen LogP contribution < -0.4 is 5.73 Å². The maximum atomic E-state index is 6.09. The fraction of sp³-hybridized carbons (Fsp3) is 0.0909. The summed E-state index contributed by atoms with van der Waals surface area (Å²) in [5.41, 5.74) is 7.61. The Bertz CT molecular complexity index is 490. The molecule has 16 heavy (non-hydrogen) atoms. The van der Waals surface area contributed by atoms with Crippen molar-refractivity contribution in [3.05, 3.63) is 57.5 Å². The molecule has 5 heteroatoms. The van der Waals surface area contributed by atoms with E-state index < -0.39 is 0 Å². The van der Waals surface area contributed by atoms with Gasteiger partial charge in [-0.25, -0.2) is 0 Å². The fourth-order valence-electron chi connectivity index (χ4n) is 1.38. The molecule has 0 saturated carbocycles. The minimum absolute atomic E-state index is 0.362. The molecule has 2 N–H and O–H groups in total. The van der Waals surface area contributed by atoms with E-state index in [0.717, 1.165) is 10.0 Å². The van der Waals surface area contributed by atoms with Crippen LogP contribution in [0.5, 0.6) is 0 Å². The lowest BCUT2D eigenvalue weighted by Crippen LogP contribution is -2.14. The van der Waals surface area contributed by atoms with Gasteiger partial charge in [-0.2, -0.15) is 0 Å². The predicted octanol–water partition coefficient (Wildman–Crippen LogP) is 2.94. The number of nitrogens with zero attached hydrogens (tertiary/aromatic N) is 2. The van der Waals surface area contributed by atoms with Crippen LogP contribution in [0.15, 0.2) is 41.3 Å². The Balaban J connectivity index is 2.41.